The fourth-order valence-electron chi connectivity index (χ4n) is 6.20. The molecule has 3 N–H and O–H groups in total. The highest BCUT2D eigenvalue weighted by Gasteiger charge is 2.38. The highest BCUT2D eigenvalue weighted by Crippen LogP contribution is 2.36. The maximum Gasteiger partial charge on any atom is 0.225 e. The molecule has 3 aliphatic rings. The predicted molar refractivity (Wildman–Crippen MR) is 144 cm³/mol. The van der Waals surface area contributed by atoms with Gasteiger partial charge < -0.3 is 20.3 Å². The Labute approximate surface area is 217 Å². The number of aromatic nitrogens is 4. The number of fused-ring (bicyclic) bond motifs is 3. The summed E-state index contributed by atoms with van der Waals surface area (Å²) in [5, 5.41) is 24.5. The summed E-state index contributed by atoms with van der Waals surface area (Å²) in [5.41, 5.74) is 3.03. The van der Waals surface area contributed by atoms with Gasteiger partial charge in [-0.05, 0) is 50.8 Å². The van der Waals surface area contributed by atoms with Crippen molar-refractivity contribution in [3.05, 3.63) is 30.0 Å². The number of nitriles is 1. The van der Waals surface area contributed by atoms with Crippen LogP contribution >= 0.6 is 0 Å². The second kappa shape index (κ2) is 10.1. The number of nitrogens with one attached hydrogen (secondary N) is 3. The van der Waals surface area contributed by atoms with Gasteiger partial charge in [-0.15, -0.1) is 0 Å². The van der Waals surface area contributed by atoms with Gasteiger partial charge in [0.15, 0.2) is 5.82 Å². The number of nitrogens with zero attached hydrogens (tertiary/aromatic N) is 6. The van der Waals surface area contributed by atoms with E-state index in [4.69, 9.17) is 20.0 Å². The van der Waals surface area contributed by atoms with Crippen LogP contribution in [0, 0.1) is 18.3 Å². The third-order valence-corrected chi connectivity index (χ3v) is 8.12. The Hall–Kier alpha value is -3.42. The summed E-state index contributed by atoms with van der Waals surface area (Å²) in [6.45, 7) is 4.65. The predicted octanol–water partition coefficient (Wildman–Crippen LogP) is 3.95. The van der Waals surface area contributed by atoms with Crippen LogP contribution in [-0.4, -0.2) is 76.0 Å². The molecule has 0 unspecified atom stereocenters. The van der Waals surface area contributed by atoms with E-state index in [1.807, 2.05) is 13.0 Å². The van der Waals surface area contributed by atoms with Gasteiger partial charge in [0.1, 0.15) is 5.82 Å². The van der Waals surface area contributed by atoms with Gasteiger partial charge in [0.2, 0.25) is 5.95 Å². The van der Waals surface area contributed by atoms with E-state index >= 15 is 0 Å². The number of hydrogen-bond donors (Lipinski definition) is 3. The number of hydrogen-bond acceptors (Lipinski definition) is 9. The molecule has 5 heterocycles. The zero-order chi connectivity index (χ0) is 25.4. The van der Waals surface area contributed by atoms with Crippen LogP contribution in [0.1, 0.15) is 44.2 Å². The van der Waals surface area contributed by atoms with Gasteiger partial charge in [-0.25, -0.2) is 4.98 Å². The van der Waals surface area contributed by atoms with Crippen molar-refractivity contribution in [3.8, 4) is 6.07 Å². The first-order chi connectivity index (χ1) is 18.1. The Bertz CT molecular complexity index is 1280. The van der Waals surface area contributed by atoms with Gasteiger partial charge in [0.05, 0.1) is 17.7 Å². The monoisotopic (exact) mass is 501 g/mol. The van der Waals surface area contributed by atoms with Gasteiger partial charge in [0, 0.05) is 74.1 Å². The number of H-pyrrole nitrogens is 1. The minimum atomic E-state index is 0.289. The Morgan fingerprint density at radius 3 is 2.68 bits per heavy atom. The summed E-state index contributed by atoms with van der Waals surface area (Å²) in [5.74, 6) is 2.13. The fourth-order valence-corrected chi connectivity index (χ4v) is 6.20. The van der Waals surface area contributed by atoms with Crippen LogP contribution in [0.25, 0.3) is 10.9 Å². The van der Waals surface area contributed by atoms with Crippen LogP contribution in [0.5, 0.6) is 0 Å². The average Bonchev–Trinajstić information content (AvgIpc) is 3.26. The minimum absolute atomic E-state index is 0.289. The highest BCUT2D eigenvalue weighted by atomic mass is 16.5. The standard InChI is InChI=1S/C27H35N9O/c1-17-11-25(34-33-17)31-26-23-8-7-19(35-15-22(16-35)37-2)14-24(23)30-27(32-26)29-18-12-20-5-3-6-21(13-18)36(20)10-4-9-28/h7-8,11,14,18,20-22H,3-6,10,12-13,15-16H2,1-2H3,(H3,29,30,31,32,33,34)/t18-,20-,21+. The lowest BCUT2D eigenvalue weighted by Crippen LogP contribution is -2.55. The maximum absolute atomic E-state index is 9.10. The second-order valence-electron chi connectivity index (χ2n) is 10.6. The van der Waals surface area contributed by atoms with Gasteiger partial charge in [-0.1, -0.05) is 6.42 Å². The van der Waals surface area contributed by atoms with E-state index in [1.54, 1.807) is 7.11 Å². The van der Waals surface area contributed by atoms with Crippen molar-refractivity contribution in [2.24, 2.45) is 0 Å². The quantitative estimate of drug-likeness (QED) is 0.422. The van der Waals surface area contributed by atoms with Crippen LogP contribution in [-0.2, 0) is 4.74 Å². The molecule has 3 fully saturated rings. The molecule has 3 saturated heterocycles. The molecule has 6 rings (SSSR count). The number of anilines is 4. The van der Waals surface area contributed by atoms with Crippen LogP contribution < -0.4 is 15.5 Å². The van der Waals surface area contributed by atoms with Crippen molar-refractivity contribution in [2.45, 2.75) is 69.7 Å². The molecule has 2 aromatic heterocycles. The number of aromatic amines is 1. The number of methoxy groups -OCH3 is 1. The van der Waals surface area contributed by atoms with Gasteiger partial charge in [0.25, 0.3) is 0 Å². The molecule has 2 bridgehead atoms. The van der Waals surface area contributed by atoms with Crippen LogP contribution in [0.2, 0.25) is 0 Å². The minimum Gasteiger partial charge on any atom is -0.378 e. The molecule has 3 aromatic rings. The van der Waals surface area contributed by atoms with E-state index in [-0.39, 0.29) is 6.10 Å². The third kappa shape index (κ3) is 4.93. The number of ether oxygens (including phenoxy) is 1. The summed E-state index contributed by atoms with van der Waals surface area (Å²) in [4.78, 5) is 14.8. The van der Waals surface area contributed by atoms with Crippen molar-refractivity contribution in [2.75, 3.05) is 42.3 Å². The molecule has 0 amide bonds. The molecule has 0 radical (unpaired) electrons. The second-order valence-corrected chi connectivity index (χ2v) is 10.6. The van der Waals surface area contributed by atoms with Crippen molar-refractivity contribution < 1.29 is 4.74 Å². The summed E-state index contributed by atoms with van der Waals surface area (Å²) in [6.07, 6.45) is 6.67. The Kier molecular flexibility index (Phi) is 6.57. The largest absolute Gasteiger partial charge is 0.378 e. The first-order valence-electron chi connectivity index (χ1n) is 13.4. The molecule has 0 spiro atoms. The molecule has 1 aromatic carbocycles. The van der Waals surface area contributed by atoms with E-state index in [1.165, 1.54) is 19.3 Å². The van der Waals surface area contributed by atoms with E-state index < -0.39 is 0 Å². The van der Waals surface area contributed by atoms with Crippen molar-refractivity contribution in [1.29, 1.82) is 5.26 Å². The van der Waals surface area contributed by atoms with Crippen molar-refractivity contribution in [1.82, 2.24) is 25.1 Å². The van der Waals surface area contributed by atoms with E-state index in [9.17, 15) is 0 Å². The maximum atomic E-state index is 9.10. The molecular formula is C27H35N9O. The zero-order valence-electron chi connectivity index (χ0n) is 21.6. The zero-order valence-corrected chi connectivity index (χ0v) is 21.6. The topological polar surface area (TPSA) is 118 Å². The average molecular weight is 502 g/mol. The molecule has 0 aliphatic carbocycles. The van der Waals surface area contributed by atoms with E-state index in [0.717, 1.165) is 66.4 Å². The smallest absolute Gasteiger partial charge is 0.225 e. The highest BCUT2D eigenvalue weighted by molar-refractivity contribution is 5.93. The van der Waals surface area contributed by atoms with Gasteiger partial charge in [-0.3, -0.25) is 10.00 Å². The SMILES string of the molecule is COC1CN(c2ccc3c(Nc4cc(C)[nH]n4)nc(N[C@@H]4C[C@H]5CCC[C@@H](C4)N5CCC#N)nc3c2)C1. The van der Waals surface area contributed by atoms with Crippen molar-refractivity contribution >= 4 is 34.2 Å². The molecule has 3 atom stereocenters. The third-order valence-electron chi connectivity index (χ3n) is 8.12. The first-order valence-corrected chi connectivity index (χ1v) is 13.4. The molecule has 37 heavy (non-hydrogen) atoms. The van der Waals surface area contributed by atoms with Gasteiger partial charge >= 0.3 is 0 Å². The Morgan fingerprint density at radius 2 is 1.97 bits per heavy atom. The molecule has 10 nitrogen and oxygen atoms in total. The van der Waals surface area contributed by atoms with E-state index in [0.29, 0.717) is 30.5 Å². The number of aryl methyl sites for hydroxylation is 1. The normalized spacial score (nSPS) is 24.0. The summed E-state index contributed by atoms with van der Waals surface area (Å²) >= 11 is 0. The molecule has 10 heteroatoms. The number of piperidine rings is 2. The molecular weight excluding hydrogens is 466 g/mol. The van der Waals surface area contributed by atoms with Crippen molar-refractivity contribution in [3.63, 3.8) is 0 Å². The lowest BCUT2D eigenvalue weighted by atomic mass is 9.81. The molecule has 3 aliphatic heterocycles. The van der Waals surface area contributed by atoms with Crippen LogP contribution in [0.15, 0.2) is 24.3 Å². The van der Waals surface area contributed by atoms with Gasteiger partial charge in [-0.2, -0.15) is 15.3 Å². The summed E-state index contributed by atoms with van der Waals surface area (Å²) < 4.78 is 5.46. The molecule has 0 saturated carbocycles. The Morgan fingerprint density at radius 1 is 1.16 bits per heavy atom. The van der Waals surface area contributed by atoms with Crippen LogP contribution in [0.3, 0.4) is 0 Å². The van der Waals surface area contributed by atoms with E-state index in [2.05, 4.69) is 54.9 Å². The summed E-state index contributed by atoms with van der Waals surface area (Å²) in [7, 11) is 1.77. The lowest BCUT2D eigenvalue weighted by Gasteiger charge is -2.48. The van der Waals surface area contributed by atoms with Crippen LogP contribution in [0.4, 0.5) is 23.3 Å². The first kappa shape index (κ1) is 23.9. The number of rotatable bonds is 8. The lowest BCUT2D eigenvalue weighted by molar-refractivity contribution is 0.0369. The molecule has 194 valence electrons. The summed E-state index contributed by atoms with van der Waals surface area (Å²) in [6, 6.07) is 12.0. The number of benzene rings is 1. The Balaban J connectivity index is 1.27. The fraction of sp³-hybridized carbons (Fsp3) is 0.556.